The Labute approximate surface area is 150 Å². The van der Waals surface area contributed by atoms with Crippen LogP contribution >= 0.6 is 11.3 Å². The number of rotatable bonds is 2. The molecule has 0 atom stereocenters. The summed E-state index contributed by atoms with van der Waals surface area (Å²) in [5.74, 6) is 6.21. The van der Waals surface area contributed by atoms with Crippen molar-refractivity contribution in [3.8, 4) is 17.9 Å². The van der Waals surface area contributed by atoms with Crippen molar-refractivity contribution in [2.24, 2.45) is 0 Å². The second kappa shape index (κ2) is 7.41. The van der Waals surface area contributed by atoms with Crippen LogP contribution in [0.3, 0.4) is 0 Å². The number of hydrogen-bond donors (Lipinski definition) is 0. The molecule has 1 aromatic heterocycles. The zero-order chi connectivity index (χ0) is 16.1. The first kappa shape index (κ1) is 15.7. The molecule has 0 aliphatic rings. The minimum atomic E-state index is -0.306. The van der Waals surface area contributed by atoms with E-state index in [1.54, 1.807) is 11.3 Å². The van der Waals surface area contributed by atoms with Gasteiger partial charge in [0.05, 0.1) is 16.6 Å². The van der Waals surface area contributed by atoms with Gasteiger partial charge in [0, 0.05) is 23.1 Å². The third kappa shape index (κ3) is 4.41. The van der Waals surface area contributed by atoms with Gasteiger partial charge in [0.1, 0.15) is 5.69 Å². The molecule has 0 saturated carbocycles. The van der Waals surface area contributed by atoms with Crippen LogP contribution in [0.5, 0.6) is 0 Å². The summed E-state index contributed by atoms with van der Waals surface area (Å²) in [6.45, 7) is 1.97. The predicted molar refractivity (Wildman–Crippen MR) is 87.8 cm³/mol. The molecule has 0 unspecified atom stereocenters. The maximum Gasteiger partial charge on any atom is 0.357 e. The lowest BCUT2D eigenvalue weighted by molar-refractivity contribution is -0.597. The summed E-state index contributed by atoms with van der Waals surface area (Å²) in [6.07, 6.45) is 0. The van der Waals surface area contributed by atoms with Crippen LogP contribution in [-0.2, 0) is 0 Å². The van der Waals surface area contributed by atoms with Crippen molar-refractivity contribution >= 4 is 11.3 Å². The normalized spacial score (nSPS) is 9.74. The third-order valence-electron chi connectivity index (χ3n) is 2.93. The molecule has 0 saturated heterocycles. The highest BCUT2D eigenvalue weighted by molar-refractivity contribution is 7.09. The fraction of sp³-hybridized carbons (Fsp3) is 0.0526. The molecule has 0 aliphatic heterocycles. The van der Waals surface area contributed by atoms with E-state index >= 15 is 0 Å². The average Bonchev–Trinajstić information content (AvgIpc) is 2.99. The van der Waals surface area contributed by atoms with Crippen LogP contribution in [0.2, 0.25) is 0 Å². The number of benzene rings is 2. The van der Waals surface area contributed by atoms with Crippen LogP contribution in [0.1, 0.15) is 21.8 Å². The Morgan fingerprint density at radius 1 is 1.00 bits per heavy atom. The molecule has 23 heavy (non-hydrogen) atoms. The lowest BCUT2D eigenvalue weighted by Gasteiger charge is -1.93. The second-order valence-corrected chi connectivity index (χ2v) is 8.83. The molecule has 110 valence electrons. The molecule has 0 fully saturated rings. The van der Waals surface area contributed by atoms with E-state index in [2.05, 4.69) is 53.2 Å². The van der Waals surface area contributed by atoms with Crippen LogP contribution in [0.4, 0.5) is 0 Å². The van der Waals surface area contributed by atoms with E-state index in [0.717, 1.165) is 16.3 Å². The first-order valence-electron chi connectivity index (χ1n) is 6.92. The van der Waals surface area contributed by atoms with Gasteiger partial charge in [0.2, 0.25) is 0 Å². The summed E-state index contributed by atoms with van der Waals surface area (Å²) in [5.41, 5.74) is 2.33. The van der Waals surface area contributed by atoms with Crippen molar-refractivity contribution in [3.05, 3.63) is 82.9 Å². The molecule has 1 heterocycles. The van der Waals surface area contributed by atoms with Crippen LogP contribution < -0.4 is 21.2 Å². The fourth-order valence-electron chi connectivity index (χ4n) is 1.94. The molecule has 2 nitrogen and oxygen atoms in total. The maximum absolute atomic E-state index is 9.24. The molecule has 0 bridgehead atoms. The van der Waals surface area contributed by atoms with E-state index in [4.69, 9.17) is 0 Å². The van der Waals surface area contributed by atoms with E-state index in [0.29, 0.717) is 5.56 Å². The second-order valence-electron chi connectivity index (χ2n) is 4.73. The summed E-state index contributed by atoms with van der Waals surface area (Å²) in [7, 11) is 0. The summed E-state index contributed by atoms with van der Waals surface area (Å²) in [5, 5.41) is 12.2. The molecule has 3 aromatic rings. The minimum Gasteiger partial charge on any atom is -0.233 e. The quantitative estimate of drug-likeness (QED) is 0.450. The van der Waals surface area contributed by atoms with E-state index in [9.17, 15) is 5.26 Å². The van der Waals surface area contributed by atoms with E-state index in [1.165, 1.54) is 7.14 Å². The summed E-state index contributed by atoms with van der Waals surface area (Å²) >= 11 is 1.29. The van der Waals surface area contributed by atoms with E-state index in [1.807, 2.05) is 30.5 Å². The zero-order valence-corrected chi connectivity index (χ0v) is 15.4. The highest BCUT2D eigenvalue weighted by Gasteiger charge is 2.16. The molecule has 0 spiro atoms. The maximum atomic E-state index is 9.24. The number of nitriles is 1. The van der Waals surface area contributed by atoms with Gasteiger partial charge in [-0.15, -0.1) is 11.3 Å². The summed E-state index contributed by atoms with van der Waals surface area (Å²) in [6, 6.07) is 18.5. The van der Waals surface area contributed by atoms with Gasteiger partial charge in [-0.05, 0) is 31.0 Å². The lowest BCUT2D eigenvalue weighted by Crippen LogP contribution is -3.61. The molecule has 4 heteroatoms. The summed E-state index contributed by atoms with van der Waals surface area (Å²) < 4.78 is 2.53. The van der Waals surface area contributed by atoms with Gasteiger partial charge in [-0.2, -0.15) is 5.26 Å². The molecule has 0 aliphatic carbocycles. The third-order valence-corrected chi connectivity index (χ3v) is 6.29. The van der Waals surface area contributed by atoms with Gasteiger partial charge in [-0.1, -0.05) is 24.1 Å². The van der Waals surface area contributed by atoms with Crippen molar-refractivity contribution in [2.45, 2.75) is 6.92 Å². The first-order valence-corrected chi connectivity index (χ1v) is 9.96. The highest BCUT2D eigenvalue weighted by atomic mass is 127. The van der Waals surface area contributed by atoms with Crippen LogP contribution in [0.25, 0.3) is 0 Å². The van der Waals surface area contributed by atoms with E-state index < -0.39 is 0 Å². The number of hydrogen-bond acceptors (Lipinski definition) is 3. The molecule has 0 amide bonds. The molecule has 0 N–H and O–H groups in total. The van der Waals surface area contributed by atoms with Crippen LogP contribution in [-0.4, -0.2) is 4.98 Å². The Kier molecular flexibility index (Phi) is 5.07. The molecule has 0 radical (unpaired) electrons. The van der Waals surface area contributed by atoms with Gasteiger partial charge < -0.3 is 0 Å². The Balaban J connectivity index is 1.91. The minimum absolute atomic E-state index is 0.306. The highest BCUT2D eigenvalue weighted by Crippen LogP contribution is 2.07. The zero-order valence-electron chi connectivity index (χ0n) is 12.4. The monoisotopic (exact) mass is 427 g/mol. The van der Waals surface area contributed by atoms with Crippen molar-refractivity contribution in [1.29, 1.82) is 5.26 Å². The van der Waals surface area contributed by atoms with Gasteiger partial charge in [0.15, 0.2) is 7.14 Å². The Morgan fingerprint density at radius 3 is 2.48 bits per heavy atom. The molecule has 3 rings (SSSR count). The van der Waals surface area contributed by atoms with Crippen molar-refractivity contribution < 1.29 is 21.2 Å². The SMILES string of the molecule is Cc1nc(C#Cc2cc(C#N)cc([I+]c3ccccc3)c2)cs1. The van der Waals surface area contributed by atoms with Gasteiger partial charge in [-0.3, -0.25) is 0 Å². The molecule has 2 aromatic carbocycles. The van der Waals surface area contributed by atoms with E-state index in [-0.39, 0.29) is 21.2 Å². The Hall–Kier alpha value is -2.15. The Bertz CT molecular complexity index is 927. The van der Waals surface area contributed by atoms with Gasteiger partial charge in [0.25, 0.3) is 0 Å². The average molecular weight is 427 g/mol. The van der Waals surface area contributed by atoms with Crippen molar-refractivity contribution in [1.82, 2.24) is 4.98 Å². The summed E-state index contributed by atoms with van der Waals surface area (Å²) in [4.78, 5) is 4.35. The number of aryl methyl sites for hydroxylation is 1. The lowest BCUT2D eigenvalue weighted by atomic mass is 10.1. The number of halogens is 1. The van der Waals surface area contributed by atoms with Crippen molar-refractivity contribution in [3.63, 3.8) is 0 Å². The Morgan fingerprint density at radius 2 is 1.78 bits per heavy atom. The topological polar surface area (TPSA) is 36.7 Å². The van der Waals surface area contributed by atoms with Gasteiger partial charge >= 0.3 is 21.2 Å². The fourth-order valence-corrected chi connectivity index (χ4v) is 4.96. The van der Waals surface area contributed by atoms with Gasteiger partial charge in [-0.25, -0.2) is 4.98 Å². The predicted octanol–water partition coefficient (Wildman–Crippen LogP) is 0.851. The first-order chi connectivity index (χ1) is 11.2. The molecular formula is C19H12IN2S+. The number of nitrogens with zero attached hydrogens (tertiary/aromatic N) is 2. The standard InChI is InChI=1S/C19H12IN2S/c1-14-22-19(13-23-14)8-7-15-9-16(12-21)11-18(10-15)20-17-5-3-2-4-6-17/h2-6,9-11,13H,1H3/q+1. The van der Waals surface area contributed by atoms with Crippen molar-refractivity contribution in [2.75, 3.05) is 0 Å². The number of thiazole rings is 1. The van der Waals surface area contributed by atoms with Crippen LogP contribution in [0, 0.1) is 37.2 Å². The molecular weight excluding hydrogens is 415 g/mol. The largest absolute Gasteiger partial charge is 0.357 e. The van der Waals surface area contributed by atoms with Crippen LogP contribution in [0.15, 0.2) is 53.9 Å². The smallest absolute Gasteiger partial charge is 0.233 e. The number of aromatic nitrogens is 1.